The molecule has 0 bridgehead atoms. The molecule has 1 heterocycles. The van der Waals surface area contributed by atoms with Crippen LogP contribution in [-0.4, -0.2) is 30.9 Å². The van der Waals surface area contributed by atoms with Gasteiger partial charge in [0.15, 0.2) is 0 Å². The molecule has 0 aromatic carbocycles. The molecular weight excluding hydrogens is 144 g/mol. The Morgan fingerprint density at radius 2 is 2.30 bits per heavy atom. The number of rotatable bonds is 1. The van der Waals surface area contributed by atoms with Gasteiger partial charge in [0, 0.05) is 24.4 Å². The molecule has 0 spiro atoms. The van der Waals surface area contributed by atoms with Gasteiger partial charge in [-0.1, -0.05) is 0 Å². The Labute approximate surface area is 68.2 Å². The molecule has 10 heavy (non-hydrogen) atoms. The molecule has 0 amide bonds. The monoisotopic (exact) mass is 160 g/mol. The average molecular weight is 160 g/mol. The van der Waals surface area contributed by atoms with Gasteiger partial charge in [-0.3, -0.25) is 0 Å². The van der Waals surface area contributed by atoms with Gasteiger partial charge in [-0.15, -0.1) is 0 Å². The summed E-state index contributed by atoms with van der Waals surface area (Å²) in [5, 5.41) is 6.85. The van der Waals surface area contributed by atoms with E-state index in [1.54, 1.807) is 0 Å². The number of nitrogens with one attached hydrogen (secondary N) is 2. The third-order valence-corrected chi connectivity index (χ3v) is 2.36. The molecule has 0 aromatic heterocycles. The highest BCUT2D eigenvalue weighted by Gasteiger charge is 2.12. The summed E-state index contributed by atoms with van der Waals surface area (Å²) in [5.41, 5.74) is 0. The highest BCUT2D eigenvalue weighted by molar-refractivity contribution is 7.80. The highest BCUT2D eigenvalue weighted by Crippen LogP contribution is 1.98. The summed E-state index contributed by atoms with van der Waals surface area (Å²) in [6.45, 7) is 4.40. The number of hydrogen-bond acceptors (Lipinski definition) is 3. The van der Waals surface area contributed by atoms with Crippen molar-refractivity contribution in [3.05, 3.63) is 0 Å². The third kappa shape index (κ3) is 2.48. The molecule has 1 rings (SSSR count). The molecule has 1 unspecified atom stereocenters. The fraction of sp³-hybridized carbons (Fsp3) is 1.00. The molecule has 2 nitrogen and oxygen atoms in total. The zero-order valence-electron chi connectivity index (χ0n) is 6.43. The van der Waals surface area contributed by atoms with E-state index in [1.165, 1.54) is 6.42 Å². The van der Waals surface area contributed by atoms with Crippen LogP contribution in [0, 0.1) is 0 Å². The van der Waals surface area contributed by atoms with Gasteiger partial charge in [0.1, 0.15) is 0 Å². The summed E-state index contributed by atoms with van der Waals surface area (Å²) >= 11 is 4.25. The van der Waals surface area contributed by atoms with Crippen molar-refractivity contribution in [2.24, 2.45) is 0 Å². The molecule has 0 aliphatic carbocycles. The summed E-state index contributed by atoms with van der Waals surface area (Å²) in [7, 11) is 0. The first-order chi connectivity index (χ1) is 4.83. The standard InChI is InChI=1S/C7H16N2S/c1-6-4-9-7(5-10)2-3-8-6/h6-10H,2-5H2,1H3/t6?,7-/m0/s1. The van der Waals surface area contributed by atoms with E-state index in [4.69, 9.17) is 0 Å². The summed E-state index contributed by atoms with van der Waals surface area (Å²) in [4.78, 5) is 0. The predicted octanol–water partition coefficient (Wildman–Crippen LogP) is 0.256. The normalized spacial score (nSPS) is 35.4. The maximum absolute atomic E-state index is 4.25. The molecule has 3 heteroatoms. The van der Waals surface area contributed by atoms with Crippen molar-refractivity contribution in [2.45, 2.75) is 25.4 Å². The SMILES string of the molecule is CC1CN[C@H](CS)CCN1. The van der Waals surface area contributed by atoms with Gasteiger partial charge in [-0.05, 0) is 19.9 Å². The van der Waals surface area contributed by atoms with Crippen LogP contribution in [0.15, 0.2) is 0 Å². The fourth-order valence-corrected chi connectivity index (χ4v) is 1.49. The van der Waals surface area contributed by atoms with Crippen molar-refractivity contribution in [1.82, 2.24) is 10.6 Å². The molecule has 60 valence electrons. The first-order valence-corrected chi connectivity index (χ1v) is 4.54. The quantitative estimate of drug-likeness (QED) is 0.479. The van der Waals surface area contributed by atoms with Gasteiger partial charge < -0.3 is 10.6 Å². The van der Waals surface area contributed by atoms with Gasteiger partial charge in [0.05, 0.1) is 0 Å². The smallest absolute Gasteiger partial charge is 0.0168 e. The summed E-state index contributed by atoms with van der Waals surface area (Å²) in [6.07, 6.45) is 1.20. The van der Waals surface area contributed by atoms with Gasteiger partial charge >= 0.3 is 0 Å². The zero-order valence-corrected chi connectivity index (χ0v) is 7.32. The van der Waals surface area contributed by atoms with E-state index < -0.39 is 0 Å². The minimum atomic E-state index is 0.612. The molecule has 1 fully saturated rings. The minimum absolute atomic E-state index is 0.612. The van der Waals surface area contributed by atoms with Crippen LogP contribution in [0.3, 0.4) is 0 Å². The van der Waals surface area contributed by atoms with Crippen LogP contribution in [-0.2, 0) is 0 Å². The Hall–Kier alpha value is 0.270. The Morgan fingerprint density at radius 3 is 3.00 bits per heavy atom. The molecule has 1 saturated heterocycles. The van der Waals surface area contributed by atoms with E-state index in [0.29, 0.717) is 12.1 Å². The molecule has 2 atom stereocenters. The van der Waals surface area contributed by atoms with Gasteiger partial charge in [-0.25, -0.2) is 0 Å². The average Bonchev–Trinajstić information content (AvgIpc) is 2.14. The molecule has 0 radical (unpaired) electrons. The number of hydrogen-bond donors (Lipinski definition) is 3. The van der Waals surface area contributed by atoms with Gasteiger partial charge in [-0.2, -0.15) is 12.6 Å². The van der Waals surface area contributed by atoms with Crippen molar-refractivity contribution in [1.29, 1.82) is 0 Å². The Balaban J connectivity index is 2.26. The Bertz CT molecular complexity index is 97.6. The predicted molar refractivity (Wildman–Crippen MR) is 47.7 cm³/mol. The second-order valence-corrected chi connectivity index (χ2v) is 3.30. The second kappa shape index (κ2) is 4.21. The van der Waals surface area contributed by atoms with Crippen molar-refractivity contribution in [2.75, 3.05) is 18.8 Å². The zero-order chi connectivity index (χ0) is 7.40. The van der Waals surface area contributed by atoms with Gasteiger partial charge in [0.2, 0.25) is 0 Å². The molecule has 1 aliphatic heterocycles. The maximum Gasteiger partial charge on any atom is 0.0168 e. The summed E-state index contributed by atoms with van der Waals surface area (Å²) in [6, 6.07) is 1.23. The lowest BCUT2D eigenvalue weighted by Gasteiger charge is -2.11. The lowest BCUT2D eigenvalue weighted by atomic mass is 10.2. The lowest BCUT2D eigenvalue weighted by molar-refractivity contribution is 0.545. The van der Waals surface area contributed by atoms with Crippen molar-refractivity contribution < 1.29 is 0 Å². The second-order valence-electron chi connectivity index (χ2n) is 2.93. The largest absolute Gasteiger partial charge is 0.313 e. The van der Waals surface area contributed by atoms with Crippen molar-refractivity contribution in [3.63, 3.8) is 0 Å². The molecule has 0 saturated carbocycles. The number of thiol groups is 1. The minimum Gasteiger partial charge on any atom is -0.313 e. The van der Waals surface area contributed by atoms with Crippen LogP contribution in [0.1, 0.15) is 13.3 Å². The molecular formula is C7H16N2S. The molecule has 2 N–H and O–H groups in total. The third-order valence-electron chi connectivity index (χ3n) is 1.92. The van der Waals surface area contributed by atoms with Gasteiger partial charge in [0.25, 0.3) is 0 Å². The van der Waals surface area contributed by atoms with Crippen molar-refractivity contribution in [3.8, 4) is 0 Å². The summed E-state index contributed by atoms with van der Waals surface area (Å²) < 4.78 is 0. The van der Waals surface area contributed by atoms with Crippen LogP contribution in [0.2, 0.25) is 0 Å². The summed E-state index contributed by atoms with van der Waals surface area (Å²) in [5.74, 6) is 0.953. The topological polar surface area (TPSA) is 24.1 Å². The lowest BCUT2D eigenvalue weighted by Crippen LogP contribution is -2.35. The van der Waals surface area contributed by atoms with Crippen LogP contribution >= 0.6 is 12.6 Å². The van der Waals surface area contributed by atoms with E-state index >= 15 is 0 Å². The maximum atomic E-state index is 4.25. The first kappa shape index (κ1) is 8.37. The highest BCUT2D eigenvalue weighted by atomic mass is 32.1. The van der Waals surface area contributed by atoms with E-state index in [1.807, 2.05) is 0 Å². The van der Waals surface area contributed by atoms with E-state index in [0.717, 1.165) is 18.8 Å². The van der Waals surface area contributed by atoms with E-state index in [-0.39, 0.29) is 0 Å². The van der Waals surface area contributed by atoms with Crippen LogP contribution in [0.5, 0.6) is 0 Å². The Morgan fingerprint density at radius 1 is 1.50 bits per heavy atom. The van der Waals surface area contributed by atoms with Crippen LogP contribution < -0.4 is 10.6 Å². The van der Waals surface area contributed by atoms with Crippen LogP contribution in [0.4, 0.5) is 0 Å². The Kier molecular flexibility index (Phi) is 3.52. The van der Waals surface area contributed by atoms with Crippen LogP contribution in [0.25, 0.3) is 0 Å². The fourth-order valence-electron chi connectivity index (χ4n) is 1.18. The first-order valence-electron chi connectivity index (χ1n) is 3.90. The molecule has 1 aliphatic rings. The van der Waals surface area contributed by atoms with E-state index in [9.17, 15) is 0 Å². The van der Waals surface area contributed by atoms with E-state index in [2.05, 4.69) is 30.2 Å². The van der Waals surface area contributed by atoms with Crippen molar-refractivity contribution >= 4 is 12.6 Å². The molecule has 0 aromatic rings.